The maximum atomic E-state index is 11.7. The first-order chi connectivity index (χ1) is 13.0. The van der Waals surface area contributed by atoms with E-state index in [0.717, 1.165) is 0 Å². The van der Waals surface area contributed by atoms with Crippen molar-refractivity contribution in [1.82, 2.24) is 10.1 Å². The van der Waals surface area contributed by atoms with Gasteiger partial charge < -0.3 is 14.0 Å². The van der Waals surface area contributed by atoms with E-state index < -0.39 is 10.9 Å². The first-order valence-electron chi connectivity index (χ1n) is 7.63. The summed E-state index contributed by atoms with van der Waals surface area (Å²) in [6, 6.07) is 12.3. The molecule has 3 rings (SSSR count). The number of hydrogen-bond donors (Lipinski definition) is 0. The third kappa shape index (κ3) is 4.79. The maximum absolute atomic E-state index is 11.7. The van der Waals surface area contributed by atoms with Gasteiger partial charge in [0.1, 0.15) is 5.75 Å². The summed E-state index contributed by atoms with van der Waals surface area (Å²) in [5.74, 6) is 0.0320. The van der Waals surface area contributed by atoms with Crippen LogP contribution in [0.2, 0.25) is 5.02 Å². The average molecular weight is 390 g/mol. The fourth-order valence-electron chi connectivity index (χ4n) is 2.06. The molecule has 0 aliphatic rings. The zero-order chi connectivity index (χ0) is 19.2. The van der Waals surface area contributed by atoms with Gasteiger partial charge in [-0.05, 0) is 24.3 Å². The van der Waals surface area contributed by atoms with Crippen molar-refractivity contribution in [2.24, 2.45) is 0 Å². The molecule has 27 heavy (non-hydrogen) atoms. The van der Waals surface area contributed by atoms with E-state index in [1.807, 2.05) is 0 Å². The van der Waals surface area contributed by atoms with Crippen LogP contribution in [-0.2, 0) is 16.1 Å². The van der Waals surface area contributed by atoms with Gasteiger partial charge in [-0.2, -0.15) is 4.98 Å². The van der Waals surface area contributed by atoms with Crippen molar-refractivity contribution in [3.05, 3.63) is 69.6 Å². The van der Waals surface area contributed by atoms with E-state index in [4.69, 9.17) is 25.6 Å². The van der Waals surface area contributed by atoms with Crippen molar-refractivity contribution < 1.29 is 23.7 Å². The van der Waals surface area contributed by atoms with Gasteiger partial charge in [-0.3, -0.25) is 10.1 Å². The fourth-order valence-corrected chi connectivity index (χ4v) is 2.28. The summed E-state index contributed by atoms with van der Waals surface area (Å²) in [7, 11) is 0. The molecular formula is C17H12ClN3O6. The number of halogens is 1. The maximum Gasteiger partial charge on any atom is 0.344 e. The summed E-state index contributed by atoms with van der Waals surface area (Å²) >= 11 is 6.06. The summed E-state index contributed by atoms with van der Waals surface area (Å²) in [5, 5.41) is 14.8. The third-order valence-corrected chi connectivity index (χ3v) is 3.67. The summed E-state index contributed by atoms with van der Waals surface area (Å²) in [6.45, 7) is -0.594. The van der Waals surface area contributed by atoms with Gasteiger partial charge >= 0.3 is 5.97 Å². The van der Waals surface area contributed by atoms with E-state index in [2.05, 4.69) is 10.1 Å². The van der Waals surface area contributed by atoms with Crippen molar-refractivity contribution in [3.63, 3.8) is 0 Å². The SMILES string of the molecule is O=C(COc1ccc([N+](=O)[O-])cc1)OCc1nc(-c2ccccc2Cl)no1. The van der Waals surface area contributed by atoms with Crippen LogP contribution in [-0.4, -0.2) is 27.6 Å². The highest BCUT2D eigenvalue weighted by Gasteiger charge is 2.13. The van der Waals surface area contributed by atoms with Crippen LogP contribution < -0.4 is 4.74 Å². The van der Waals surface area contributed by atoms with Gasteiger partial charge in [0.15, 0.2) is 13.2 Å². The third-order valence-electron chi connectivity index (χ3n) is 3.34. The number of rotatable bonds is 7. The second kappa shape index (κ2) is 8.28. The van der Waals surface area contributed by atoms with Crippen LogP contribution in [0.1, 0.15) is 5.89 Å². The Balaban J connectivity index is 1.49. The van der Waals surface area contributed by atoms with E-state index in [1.54, 1.807) is 24.3 Å². The summed E-state index contributed by atoms with van der Waals surface area (Å²) in [5.41, 5.74) is 0.526. The van der Waals surface area contributed by atoms with Gasteiger partial charge in [-0.15, -0.1) is 0 Å². The van der Waals surface area contributed by atoms with Crippen LogP contribution in [0, 0.1) is 10.1 Å². The monoisotopic (exact) mass is 389 g/mol. The minimum absolute atomic E-state index is 0.0735. The summed E-state index contributed by atoms with van der Waals surface area (Å²) in [4.78, 5) is 25.9. The molecule has 10 heteroatoms. The molecule has 0 unspecified atom stereocenters. The normalized spacial score (nSPS) is 10.4. The Bertz CT molecular complexity index is 957. The van der Waals surface area contributed by atoms with E-state index in [1.165, 1.54) is 24.3 Å². The number of nitrogens with zero attached hydrogens (tertiary/aromatic N) is 3. The highest BCUT2D eigenvalue weighted by molar-refractivity contribution is 6.33. The Hall–Kier alpha value is -3.46. The van der Waals surface area contributed by atoms with Crippen molar-refractivity contribution in [2.75, 3.05) is 6.61 Å². The predicted molar refractivity (Wildman–Crippen MR) is 93.1 cm³/mol. The lowest BCUT2D eigenvalue weighted by Crippen LogP contribution is -2.14. The largest absolute Gasteiger partial charge is 0.482 e. The number of benzene rings is 2. The lowest BCUT2D eigenvalue weighted by Gasteiger charge is -2.05. The van der Waals surface area contributed by atoms with Crippen LogP contribution in [0.3, 0.4) is 0 Å². The number of nitro benzene ring substituents is 1. The lowest BCUT2D eigenvalue weighted by molar-refractivity contribution is -0.384. The molecular weight excluding hydrogens is 378 g/mol. The molecule has 2 aromatic carbocycles. The Morgan fingerprint density at radius 1 is 1.19 bits per heavy atom. The number of carbonyl (C=O) groups is 1. The minimum Gasteiger partial charge on any atom is -0.482 e. The van der Waals surface area contributed by atoms with Crippen LogP contribution in [0.5, 0.6) is 5.75 Å². The molecule has 9 nitrogen and oxygen atoms in total. The molecule has 3 aromatic rings. The zero-order valence-corrected chi connectivity index (χ0v) is 14.5. The van der Waals surface area contributed by atoms with Crippen LogP contribution >= 0.6 is 11.6 Å². The fraction of sp³-hybridized carbons (Fsp3) is 0.118. The minimum atomic E-state index is -0.661. The first-order valence-corrected chi connectivity index (χ1v) is 8.01. The Morgan fingerprint density at radius 2 is 1.93 bits per heavy atom. The molecule has 0 bridgehead atoms. The van der Waals surface area contributed by atoms with Gasteiger partial charge in [-0.1, -0.05) is 28.9 Å². The molecule has 138 valence electrons. The number of non-ortho nitro benzene ring substituents is 1. The van der Waals surface area contributed by atoms with E-state index >= 15 is 0 Å². The van der Waals surface area contributed by atoms with Gasteiger partial charge in [0, 0.05) is 17.7 Å². The number of esters is 1. The summed E-state index contributed by atoms with van der Waals surface area (Å²) in [6.07, 6.45) is 0. The molecule has 0 amide bonds. The molecule has 0 spiro atoms. The van der Waals surface area contributed by atoms with Crippen molar-refractivity contribution in [3.8, 4) is 17.1 Å². The van der Waals surface area contributed by atoms with Crippen LogP contribution in [0.25, 0.3) is 11.4 Å². The number of hydrogen-bond acceptors (Lipinski definition) is 8. The highest BCUT2D eigenvalue weighted by atomic mass is 35.5. The molecule has 1 heterocycles. The topological polar surface area (TPSA) is 118 Å². The Labute approximate surface area is 157 Å². The van der Waals surface area contributed by atoms with Gasteiger partial charge in [0.25, 0.3) is 11.6 Å². The van der Waals surface area contributed by atoms with Crippen LogP contribution in [0.15, 0.2) is 53.1 Å². The summed E-state index contributed by atoms with van der Waals surface area (Å²) < 4.78 is 15.2. The smallest absolute Gasteiger partial charge is 0.344 e. The standard InChI is InChI=1S/C17H12ClN3O6/c18-14-4-2-1-3-13(14)17-19-15(27-20-17)9-26-16(22)10-25-12-7-5-11(6-8-12)21(23)24/h1-8H,9-10H2. The number of ether oxygens (including phenoxy) is 2. The number of aromatic nitrogens is 2. The molecule has 0 saturated heterocycles. The molecule has 0 N–H and O–H groups in total. The van der Waals surface area contributed by atoms with Crippen molar-refractivity contribution in [1.29, 1.82) is 0 Å². The molecule has 0 radical (unpaired) electrons. The molecule has 0 fully saturated rings. The van der Waals surface area contributed by atoms with E-state index in [-0.39, 0.29) is 30.6 Å². The Kier molecular flexibility index (Phi) is 5.62. The van der Waals surface area contributed by atoms with E-state index in [0.29, 0.717) is 16.3 Å². The van der Waals surface area contributed by atoms with Gasteiger partial charge in [0.05, 0.1) is 9.95 Å². The van der Waals surface area contributed by atoms with Gasteiger partial charge in [-0.25, -0.2) is 4.79 Å². The first kappa shape index (κ1) is 18.3. The molecule has 1 aromatic heterocycles. The quantitative estimate of drug-likeness (QED) is 0.342. The molecule has 0 aliphatic heterocycles. The van der Waals surface area contributed by atoms with E-state index in [9.17, 15) is 14.9 Å². The van der Waals surface area contributed by atoms with Crippen molar-refractivity contribution in [2.45, 2.75) is 6.61 Å². The van der Waals surface area contributed by atoms with Gasteiger partial charge in [0.2, 0.25) is 5.82 Å². The molecule has 0 aliphatic carbocycles. The predicted octanol–water partition coefficient (Wildman–Crippen LogP) is 3.42. The number of carbonyl (C=O) groups excluding carboxylic acids is 1. The molecule has 0 atom stereocenters. The van der Waals surface area contributed by atoms with Crippen molar-refractivity contribution >= 4 is 23.3 Å². The second-order valence-electron chi connectivity index (χ2n) is 5.19. The highest BCUT2D eigenvalue weighted by Crippen LogP contribution is 2.25. The average Bonchev–Trinajstić information content (AvgIpc) is 3.14. The second-order valence-corrected chi connectivity index (χ2v) is 5.60. The number of nitro groups is 1. The zero-order valence-electron chi connectivity index (χ0n) is 13.7. The Morgan fingerprint density at radius 3 is 2.63 bits per heavy atom. The van der Waals surface area contributed by atoms with Crippen LogP contribution in [0.4, 0.5) is 5.69 Å². The molecule has 0 saturated carbocycles. The lowest BCUT2D eigenvalue weighted by atomic mass is 10.2.